The van der Waals surface area contributed by atoms with E-state index in [0.29, 0.717) is 28.2 Å². The second kappa shape index (κ2) is 11.2. The number of cyclic esters (lactones) is 1. The number of aromatic nitrogens is 3. The first kappa shape index (κ1) is 26.5. The molecular formula is C28H28FN5O4. The molecule has 1 aromatic carbocycles. The van der Waals surface area contributed by atoms with E-state index >= 15 is 4.39 Å². The van der Waals surface area contributed by atoms with Gasteiger partial charge in [0, 0.05) is 43.7 Å². The fourth-order valence-electron chi connectivity index (χ4n) is 4.28. The van der Waals surface area contributed by atoms with Gasteiger partial charge in [-0.1, -0.05) is 13.5 Å². The van der Waals surface area contributed by atoms with Crippen molar-refractivity contribution in [2.45, 2.75) is 33.3 Å². The van der Waals surface area contributed by atoms with E-state index in [9.17, 15) is 14.4 Å². The normalized spacial score (nSPS) is 14.7. The highest BCUT2D eigenvalue weighted by atomic mass is 19.1. The fourth-order valence-corrected chi connectivity index (χ4v) is 4.28. The van der Waals surface area contributed by atoms with Gasteiger partial charge in [-0.15, -0.1) is 0 Å². The summed E-state index contributed by atoms with van der Waals surface area (Å²) in [6, 6.07) is 11.7. The van der Waals surface area contributed by atoms with Gasteiger partial charge < -0.3 is 14.5 Å². The molecule has 4 aromatic rings. The lowest BCUT2D eigenvalue weighted by Crippen LogP contribution is -2.33. The third kappa shape index (κ3) is 5.86. The number of carbonyl (C=O) groups is 3. The molecule has 0 bridgehead atoms. The van der Waals surface area contributed by atoms with Gasteiger partial charge in [0.15, 0.2) is 0 Å². The molecule has 196 valence electrons. The molecule has 0 aliphatic carbocycles. The molecule has 4 heterocycles. The predicted molar refractivity (Wildman–Crippen MR) is 140 cm³/mol. The van der Waals surface area contributed by atoms with Crippen molar-refractivity contribution in [3.05, 3.63) is 84.3 Å². The fraction of sp³-hybridized carbons (Fsp3) is 0.250. The Morgan fingerprint density at radius 1 is 1.18 bits per heavy atom. The molecule has 0 radical (unpaired) electrons. The zero-order valence-electron chi connectivity index (χ0n) is 20.1. The van der Waals surface area contributed by atoms with E-state index in [1.165, 1.54) is 17.9 Å². The van der Waals surface area contributed by atoms with Crippen LogP contribution in [0.1, 0.15) is 25.6 Å². The number of pyridine rings is 2. The third-order valence-electron chi connectivity index (χ3n) is 6.04. The number of anilines is 1. The van der Waals surface area contributed by atoms with Crippen LogP contribution in [0.4, 0.5) is 14.9 Å². The molecule has 1 atom stereocenters. The number of amides is 2. The number of Topliss-reactive ketones (excluding diaryl/α,β-unsaturated/α-hetero) is 1. The quantitative estimate of drug-likeness (QED) is 0.379. The number of nitrogens with one attached hydrogen (secondary N) is 1. The number of ketones is 1. The molecule has 0 unspecified atom stereocenters. The average molecular weight is 518 g/mol. The molecule has 1 aliphatic heterocycles. The maximum Gasteiger partial charge on any atom is 0.414 e. The summed E-state index contributed by atoms with van der Waals surface area (Å²) >= 11 is 0. The standard InChI is InChI=1S/C27H24FN5O4.CH4/c1-17(34)30-14-23-16-33(27(36)37-23)21-4-5-24(25(28)12-21)19-6-8-32-15-20(31-26(32)10-19)11-22(35)9-18-3-2-7-29-13-18;/h2-8,10,12-13,15,23H,9,11,14,16H2,1H3,(H,30,34);1H4/t23-;/m0./s1. The zero-order chi connectivity index (χ0) is 25.9. The van der Waals surface area contributed by atoms with Crippen LogP contribution < -0.4 is 10.2 Å². The Morgan fingerprint density at radius 2 is 2.03 bits per heavy atom. The van der Waals surface area contributed by atoms with Gasteiger partial charge in [0.05, 0.1) is 30.9 Å². The lowest BCUT2D eigenvalue weighted by Gasteiger charge is -2.14. The van der Waals surface area contributed by atoms with Crippen LogP contribution in [-0.2, 0) is 27.2 Å². The molecule has 2 amide bonds. The number of imidazole rings is 1. The second-order valence-electron chi connectivity index (χ2n) is 8.88. The van der Waals surface area contributed by atoms with Gasteiger partial charge in [-0.05, 0) is 47.5 Å². The largest absolute Gasteiger partial charge is 0.442 e. The van der Waals surface area contributed by atoms with E-state index < -0.39 is 18.0 Å². The van der Waals surface area contributed by atoms with Crippen molar-refractivity contribution in [1.82, 2.24) is 19.7 Å². The molecule has 5 rings (SSSR count). The summed E-state index contributed by atoms with van der Waals surface area (Å²) in [7, 11) is 0. The van der Waals surface area contributed by atoms with Gasteiger partial charge in [-0.3, -0.25) is 19.5 Å². The monoisotopic (exact) mass is 517 g/mol. The number of nitrogens with zero attached hydrogens (tertiary/aromatic N) is 4. The molecule has 38 heavy (non-hydrogen) atoms. The van der Waals surface area contributed by atoms with Crippen LogP contribution in [0.3, 0.4) is 0 Å². The van der Waals surface area contributed by atoms with Crippen LogP contribution in [-0.4, -0.2) is 51.3 Å². The first-order valence-corrected chi connectivity index (χ1v) is 11.8. The van der Waals surface area contributed by atoms with Crippen LogP contribution in [0.25, 0.3) is 16.8 Å². The van der Waals surface area contributed by atoms with Crippen LogP contribution in [0.5, 0.6) is 0 Å². The molecule has 10 heteroatoms. The molecule has 1 saturated heterocycles. The highest BCUT2D eigenvalue weighted by molar-refractivity contribution is 5.90. The first-order valence-electron chi connectivity index (χ1n) is 11.8. The Morgan fingerprint density at radius 3 is 2.76 bits per heavy atom. The maximum absolute atomic E-state index is 15.1. The molecule has 1 aliphatic rings. The summed E-state index contributed by atoms with van der Waals surface area (Å²) in [6.07, 6.45) is 6.26. The Bertz CT molecular complexity index is 1490. The van der Waals surface area contributed by atoms with Crippen LogP contribution >= 0.6 is 0 Å². The number of benzene rings is 1. The summed E-state index contributed by atoms with van der Waals surface area (Å²) in [5.41, 5.74) is 3.40. The Kier molecular flexibility index (Phi) is 7.80. The van der Waals surface area contributed by atoms with E-state index in [1.54, 1.807) is 59.5 Å². The number of hydrogen-bond acceptors (Lipinski definition) is 6. The number of halogens is 1. The van der Waals surface area contributed by atoms with Gasteiger partial charge >= 0.3 is 6.09 Å². The van der Waals surface area contributed by atoms with Gasteiger partial charge in [0.25, 0.3) is 0 Å². The van der Waals surface area contributed by atoms with Crippen molar-refractivity contribution < 1.29 is 23.5 Å². The number of rotatable bonds is 8. The number of fused-ring (bicyclic) bond motifs is 1. The highest BCUT2D eigenvalue weighted by Gasteiger charge is 2.32. The molecule has 0 saturated carbocycles. The van der Waals surface area contributed by atoms with Gasteiger partial charge in [-0.25, -0.2) is 14.2 Å². The minimum atomic E-state index is -0.591. The highest BCUT2D eigenvalue weighted by Crippen LogP contribution is 2.29. The van der Waals surface area contributed by atoms with Crippen molar-refractivity contribution in [1.29, 1.82) is 0 Å². The lowest BCUT2D eigenvalue weighted by atomic mass is 10.1. The Hall–Kier alpha value is -4.60. The van der Waals surface area contributed by atoms with Crippen molar-refractivity contribution in [3.8, 4) is 11.1 Å². The van der Waals surface area contributed by atoms with E-state index in [2.05, 4.69) is 15.3 Å². The molecular weight excluding hydrogens is 489 g/mol. The van der Waals surface area contributed by atoms with Crippen LogP contribution in [0, 0.1) is 5.82 Å². The van der Waals surface area contributed by atoms with E-state index in [0.717, 1.165) is 5.56 Å². The predicted octanol–water partition coefficient (Wildman–Crippen LogP) is 3.99. The number of ether oxygens (including phenoxy) is 1. The average Bonchev–Trinajstić information content (AvgIpc) is 3.44. The summed E-state index contributed by atoms with van der Waals surface area (Å²) in [4.78, 5) is 45.7. The molecule has 1 N–H and O–H groups in total. The minimum Gasteiger partial charge on any atom is -0.442 e. The van der Waals surface area contributed by atoms with Gasteiger partial charge in [-0.2, -0.15) is 0 Å². The molecule has 9 nitrogen and oxygen atoms in total. The van der Waals surface area contributed by atoms with E-state index in [-0.39, 0.29) is 45.0 Å². The van der Waals surface area contributed by atoms with Crippen LogP contribution in [0.15, 0.2) is 67.3 Å². The first-order chi connectivity index (χ1) is 17.9. The van der Waals surface area contributed by atoms with Gasteiger partial charge in [0.1, 0.15) is 23.4 Å². The molecule has 3 aromatic heterocycles. The maximum atomic E-state index is 15.1. The van der Waals surface area contributed by atoms with Crippen molar-refractivity contribution in [2.24, 2.45) is 0 Å². The molecule has 1 fully saturated rings. The molecule has 0 spiro atoms. The Labute approximate surface area is 219 Å². The van der Waals surface area contributed by atoms with Gasteiger partial charge in [0.2, 0.25) is 5.91 Å². The second-order valence-corrected chi connectivity index (χ2v) is 8.88. The zero-order valence-corrected chi connectivity index (χ0v) is 20.1. The summed E-state index contributed by atoms with van der Waals surface area (Å²) in [5.74, 6) is -0.695. The minimum absolute atomic E-state index is 0. The summed E-state index contributed by atoms with van der Waals surface area (Å²) < 4.78 is 22.2. The summed E-state index contributed by atoms with van der Waals surface area (Å²) in [5, 5.41) is 2.61. The number of carbonyl (C=O) groups excluding carboxylic acids is 3. The van der Waals surface area contributed by atoms with E-state index in [4.69, 9.17) is 4.74 Å². The third-order valence-corrected chi connectivity index (χ3v) is 6.04. The Balaban J connectivity index is 0.00000336. The SMILES string of the molecule is C.CC(=O)NC[C@H]1CN(c2ccc(-c3ccn4cc(CC(=O)Cc5cccnc5)nc4c3)c(F)c2)C(=O)O1. The number of hydrogen-bond donors (Lipinski definition) is 1. The van der Waals surface area contributed by atoms with Crippen molar-refractivity contribution >= 4 is 29.1 Å². The topological polar surface area (TPSA) is 106 Å². The summed E-state index contributed by atoms with van der Waals surface area (Å²) in [6.45, 7) is 1.79. The van der Waals surface area contributed by atoms with Crippen LogP contribution in [0.2, 0.25) is 0 Å². The van der Waals surface area contributed by atoms with E-state index in [1.807, 2.05) is 6.07 Å². The smallest absolute Gasteiger partial charge is 0.414 e. The van der Waals surface area contributed by atoms with Crippen molar-refractivity contribution in [3.63, 3.8) is 0 Å². The van der Waals surface area contributed by atoms with Crippen molar-refractivity contribution in [2.75, 3.05) is 18.0 Å². The lowest BCUT2D eigenvalue weighted by molar-refractivity contribution is -0.119.